The smallest absolute Gasteiger partial charge is 0.326 e. The van der Waals surface area contributed by atoms with Gasteiger partial charge in [-0.2, -0.15) is 0 Å². The number of carbonyl (C=O) groups is 5. The van der Waals surface area contributed by atoms with Gasteiger partial charge in [0, 0.05) is 43.0 Å². The van der Waals surface area contributed by atoms with Gasteiger partial charge in [0.2, 0.25) is 17.7 Å². The largest absolute Gasteiger partial charge is 0.481 e. The van der Waals surface area contributed by atoms with Gasteiger partial charge in [-0.05, 0) is 6.42 Å². The van der Waals surface area contributed by atoms with Crippen molar-refractivity contribution in [2.24, 2.45) is 5.73 Å². The van der Waals surface area contributed by atoms with Crippen LogP contribution in [0.4, 0.5) is 0 Å². The molecule has 0 spiro atoms. The number of hydrogen-bond donors (Lipinski definition) is 9. The molecule has 0 radical (unpaired) electrons. The number of aromatic amines is 2. The van der Waals surface area contributed by atoms with Crippen molar-refractivity contribution >= 4 is 29.7 Å². The van der Waals surface area contributed by atoms with Gasteiger partial charge >= 0.3 is 11.9 Å². The molecule has 4 atom stereocenters. The number of aliphatic hydroxyl groups excluding tert-OH is 1. The Hall–Kier alpha value is -4.31. The SMILES string of the molecule is NC(Cc1cnc[nH]1)C(=O)NC(Cc1cnc[nH]1)C(=O)NC(CO)C(=O)NC(CCC(=O)O)C(=O)O. The lowest BCUT2D eigenvalue weighted by atomic mass is 10.1. The third-order valence-corrected chi connectivity index (χ3v) is 5.02. The Morgan fingerprint density at radius 2 is 1.36 bits per heavy atom. The minimum Gasteiger partial charge on any atom is -0.481 e. The third-order valence-electron chi connectivity index (χ3n) is 5.02. The van der Waals surface area contributed by atoms with E-state index in [1.54, 1.807) is 0 Å². The van der Waals surface area contributed by atoms with E-state index >= 15 is 0 Å². The number of imidazole rings is 2. The Labute approximate surface area is 204 Å². The van der Waals surface area contributed by atoms with Gasteiger partial charge in [-0.25, -0.2) is 14.8 Å². The molecule has 0 bridgehead atoms. The number of H-pyrrole nitrogens is 2. The second kappa shape index (κ2) is 13.5. The summed E-state index contributed by atoms with van der Waals surface area (Å²) in [5, 5.41) is 34.4. The molecule has 2 heterocycles. The topological polar surface area (TPSA) is 266 Å². The van der Waals surface area contributed by atoms with E-state index in [2.05, 4.69) is 35.9 Å². The molecule has 0 saturated heterocycles. The number of hydrogen-bond acceptors (Lipinski definition) is 9. The molecule has 2 rings (SSSR count). The van der Waals surface area contributed by atoms with Crippen molar-refractivity contribution in [1.29, 1.82) is 0 Å². The van der Waals surface area contributed by atoms with Gasteiger partial charge in [-0.15, -0.1) is 0 Å². The number of nitrogens with one attached hydrogen (secondary N) is 5. The van der Waals surface area contributed by atoms with Crippen LogP contribution in [0.1, 0.15) is 24.2 Å². The molecule has 3 amide bonds. The summed E-state index contributed by atoms with van der Waals surface area (Å²) >= 11 is 0. The first kappa shape index (κ1) is 27.9. The predicted molar refractivity (Wildman–Crippen MR) is 120 cm³/mol. The van der Waals surface area contributed by atoms with Crippen LogP contribution in [-0.2, 0) is 36.8 Å². The number of rotatable bonds is 15. The van der Waals surface area contributed by atoms with Crippen LogP contribution in [0.25, 0.3) is 0 Å². The van der Waals surface area contributed by atoms with Crippen LogP contribution in [0.2, 0.25) is 0 Å². The van der Waals surface area contributed by atoms with E-state index < -0.39 is 73.3 Å². The Morgan fingerprint density at radius 1 is 0.833 bits per heavy atom. The zero-order chi connectivity index (χ0) is 26.7. The van der Waals surface area contributed by atoms with E-state index in [4.69, 9.17) is 10.8 Å². The summed E-state index contributed by atoms with van der Waals surface area (Å²) < 4.78 is 0. The van der Waals surface area contributed by atoms with Gasteiger partial charge < -0.3 is 47.0 Å². The minimum absolute atomic E-state index is 0.0650. The number of aliphatic carboxylic acids is 2. The first-order valence-corrected chi connectivity index (χ1v) is 10.8. The number of carbonyl (C=O) groups excluding carboxylic acids is 3. The Morgan fingerprint density at radius 3 is 1.86 bits per heavy atom. The quantitative estimate of drug-likeness (QED) is 0.115. The van der Waals surface area contributed by atoms with Crippen LogP contribution < -0.4 is 21.7 Å². The molecule has 0 fully saturated rings. The Balaban J connectivity index is 2.07. The molecule has 0 saturated carbocycles. The molecule has 0 aliphatic heterocycles. The molecule has 2 aromatic heterocycles. The van der Waals surface area contributed by atoms with Crippen molar-refractivity contribution in [3.8, 4) is 0 Å². The highest BCUT2D eigenvalue weighted by molar-refractivity contribution is 5.94. The number of aromatic nitrogens is 4. The van der Waals surface area contributed by atoms with Gasteiger partial charge in [0.1, 0.15) is 18.1 Å². The molecule has 16 heteroatoms. The van der Waals surface area contributed by atoms with E-state index in [0.717, 1.165) is 0 Å². The van der Waals surface area contributed by atoms with Crippen molar-refractivity contribution < 1.29 is 39.3 Å². The highest BCUT2D eigenvalue weighted by Crippen LogP contribution is 2.04. The molecule has 36 heavy (non-hydrogen) atoms. The zero-order valence-electron chi connectivity index (χ0n) is 19.0. The summed E-state index contributed by atoms with van der Waals surface area (Å²) in [4.78, 5) is 73.4. The molecule has 0 aromatic carbocycles. The molecule has 196 valence electrons. The fourth-order valence-corrected chi connectivity index (χ4v) is 3.09. The fraction of sp³-hybridized carbons (Fsp3) is 0.450. The normalized spacial score (nSPS) is 14.2. The lowest BCUT2D eigenvalue weighted by Gasteiger charge is -2.24. The number of nitrogens with zero attached hydrogens (tertiary/aromatic N) is 2. The summed E-state index contributed by atoms with van der Waals surface area (Å²) in [5.74, 6) is -5.33. The minimum atomic E-state index is -1.58. The first-order valence-electron chi connectivity index (χ1n) is 10.8. The Kier molecular flexibility index (Phi) is 10.5. The molecule has 0 aliphatic carbocycles. The number of aliphatic hydroxyl groups is 1. The molecule has 16 nitrogen and oxygen atoms in total. The summed E-state index contributed by atoms with van der Waals surface area (Å²) in [6.45, 7) is -0.896. The lowest BCUT2D eigenvalue weighted by molar-refractivity contribution is -0.143. The van der Waals surface area contributed by atoms with Gasteiger partial charge in [-0.3, -0.25) is 19.2 Å². The summed E-state index contributed by atoms with van der Waals surface area (Å²) in [7, 11) is 0. The zero-order valence-corrected chi connectivity index (χ0v) is 19.0. The fourth-order valence-electron chi connectivity index (χ4n) is 3.09. The van der Waals surface area contributed by atoms with Crippen LogP contribution in [0, 0.1) is 0 Å². The van der Waals surface area contributed by atoms with Crippen molar-refractivity contribution in [2.45, 2.75) is 49.9 Å². The van der Waals surface area contributed by atoms with Crippen LogP contribution in [0.5, 0.6) is 0 Å². The average Bonchev–Trinajstić information content (AvgIpc) is 3.53. The van der Waals surface area contributed by atoms with Gasteiger partial charge in [0.25, 0.3) is 0 Å². The molecular weight excluding hydrogens is 480 g/mol. The number of carboxylic acid groups (broad SMARTS) is 2. The molecule has 10 N–H and O–H groups in total. The van der Waals surface area contributed by atoms with Crippen LogP contribution in [0.3, 0.4) is 0 Å². The van der Waals surface area contributed by atoms with Crippen LogP contribution >= 0.6 is 0 Å². The van der Waals surface area contributed by atoms with Crippen LogP contribution in [0.15, 0.2) is 25.0 Å². The lowest BCUT2D eigenvalue weighted by Crippen LogP contribution is -2.58. The van der Waals surface area contributed by atoms with Gasteiger partial charge in [-0.1, -0.05) is 0 Å². The van der Waals surface area contributed by atoms with Gasteiger partial charge in [0.15, 0.2) is 0 Å². The standard InChI is InChI=1S/C20H28N8O8/c21-12(3-10-5-22-8-24-10)17(32)27-14(4-11-6-23-9-25-11)18(33)28-15(7-29)19(34)26-13(20(35)36)1-2-16(30)31/h5-6,8-9,12-15,29H,1-4,7,21H2,(H,22,24)(H,23,25)(H,26,34)(H,27,32)(H,28,33)(H,30,31)(H,35,36). The maximum Gasteiger partial charge on any atom is 0.326 e. The van der Waals surface area contributed by atoms with E-state index in [9.17, 15) is 34.2 Å². The molecule has 2 aromatic rings. The van der Waals surface area contributed by atoms with E-state index in [1.165, 1.54) is 25.0 Å². The monoisotopic (exact) mass is 508 g/mol. The molecule has 0 aliphatic rings. The maximum atomic E-state index is 13.0. The Bertz CT molecular complexity index is 1030. The van der Waals surface area contributed by atoms with Gasteiger partial charge in [0.05, 0.1) is 25.3 Å². The molecule has 4 unspecified atom stereocenters. The van der Waals surface area contributed by atoms with Crippen LogP contribution in [-0.4, -0.2) is 95.7 Å². The first-order chi connectivity index (χ1) is 17.1. The van der Waals surface area contributed by atoms with E-state index in [0.29, 0.717) is 11.4 Å². The van der Waals surface area contributed by atoms with Crippen molar-refractivity contribution in [3.63, 3.8) is 0 Å². The predicted octanol–water partition coefficient (Wildman–Crippen LogP) is -3.36. The highest BCUT2D eigenvalue weighted by atomic mass is 16.4. The number of carboxylic acids is 2. The van der Waals surface area contributed by atoms with E-state index in [1.807, 2.05) is 0 Å². The summed E-state index contributed by atoms with van der Waals surface area (Å²) in [6.07, 6.45) is 4.82. The number of nitrogens with two attached hydrogens (primary N) is 1. The second-order valence-electron chi connectivity index (χ2n) is 7.81. The van der Waals surface area contributed by atoms with Crippen molar-refractivity contribution in [1.82, 2.24) is 35.9 Å². The van der Waals surface area contributed by atoms with E-state index in [-0.39, 0.29) is 12.8 Å². The molecular formula is C20H28N8O8. The van der Waals surface area contributed by atoms with Crippen molar-refractivity contribution in [2.75, 3.05) is 6.61 Å². The number of amides is 3. The highest BCUT2D eigenvalue weighted by Gasteiger charge is 2.30. The third kappa shape index (κ3) is 8.80. The summed E-state index contributed by atoms with van der Waals surface area (Å²) in [5.41, 5.74) is 7.00. The maximum absolute atomic E-state index is 13.0. The van der Waals surface area contributed by atoms with Crippen molar-refractivity contribution in [3.05, 3.63) is 36.4 Å². The average molecular weight is 508 g/mol. The summed E-state index contributed by atoms with van der Waals surface area (Å²) in [6, 6.07) is -5.41. The second-order valence-corrected chi connectivity index (χ2v) is 7.81.